The molecule has 1 unspecified atom stereocenters. The lowest BCUT2D eigenvalue weighted by atomic mass is 10.1. The van der Waals surface area contributed by atoms with Gasteiger partial charge in [-0.05, 0) is 31.5 Å². The van der Waals surface area contributed by atoms with Crippen molar-refractivity contribution in [2.24, 2.45) is 0 Å². The average Bonchev–Trinajstić information content (AvgIpc) is 2.92. The second kappa shape index (κ2) is 5.44. The first-order valence-electron chi connectivity index (χ1n) is 7.08. The lowest BCUT2D eigenvalue weighted by molar-refractivity contribution is 0.0935. The van der Waals surface area contributed by atoms with Crippen molar-refractivity contribution in [3.63, 3.8) is 0 Å². The molecule has 0 radical (unpaired) electrons. The van der Waals surface area contributed by atoms with Crippen LogP contribution in [0.25, 0.3) is 10.9 Å². The van der Waals surface area contributed by atoms with Gasteiger partial charge < -0.3 is 10.3 Å². The van der Waals surface area contributed by atoms with E-state index in [0.29, 0.717) is 5.69 Å². The zero-order chi connectivity index (χ0) is 14.8. The van der Waals surface area contributed by atoms with Gasteiger partial charge in [0.25, 0.3) is 5.91 Å². The lowest BCUT2D eigenvalue weighted by Crippen LogP contribution is -2.26. The van der Waals surface area contributed by atoms with Crippen LogP contribution in [0.15, 0.2) is 54.6 Å². The van der Waals surface area contributed by atoms with Crippen molar-refractivity contribution >= 4 is 16.8 Å². The maximum atomic E-state index is 12.3. The molecule has 3 rings (SSSR count). The Hall–Kier alpha value is -2.55. The Kier molecular flexibility index (Phi) is 3.48. The maximum Gasteiger partial charge on any atom is 0.268 e. The summed E-state index contributed by atoms with van der Waals surface area (Å²) in [5.41, 5.74) is 3.89. The topological polar surface area (TPSA) is 44.9 Å². The number of rotatable bonds is 3. The highest BCUT2D eigenvalue weighted by molar-refractivity contribution is 5.98. The Balaban J connectivity index is 1.77. The van der Waals surface area contributed by atoms with E-state index in [2.05, 4.69) is 29.4 Å². The van der Waals surface area contributed by atoms with Crippen LogP contribution in [0.4, 0.5) is 0 Å². The summed E-state index contributed by atoms with van der Waals surface area (Å²) in [5, 5.41) is 4.07. The molecule has 3 nitrogen and oxygen atoms in total. The van der Waals surface area contributed by atoms with Crippen molar-refractivity contribution in [3.8, 4) is 0 Å². The van der Waals surface area contributed by atoms with Crippen LogP contribution in [-0.4, -0.2) is 10.9 Å². The van der Waals surface area contributed by atoms with Gasteiger partial charge in [0, 0.05) is 10.9 Å². The number of benzene rings is 2. The van der Waals surface area contributed by atoms with Crippen LogP contribution in [0.5, 0.6) is 0 Å². The van der Waals surface area contributed by atoms with E-state index in [1.165, 1.54) is 5.56 Å². The Labute approximate surface area is 124 Å². The van der Waals surface area contributed by atoms with Crippen LogP contribution in [0.1, 0.15) is 34.6 Å². The molecule has 3 aromatic rings. The molecule has 0 fully saturated rings. The van der Waals surface area contributed by atoms with Crippen molar-refractivity contribution < 1.29 is 4.79 Å². The van der Waals surface area contributed by atoms with Crippen LogP contribution in [0, 0.1) is 6.92 Å². The highest BCUT2D eigenvalue weighted by Gasteiger charge is 2.13. The molecule has 3 heteroatoms. The Morgan fingerprint density at radius 3 is 2.52 bits per heavy atom. The fourth-order valence-electron chi connectivity index (χ4n) is 2.41. The monoisotopic (exact) mass is 278 g/mol. The van der Waals surface area contributed by atoms with Gasteiger partial charge in [0.1, 0.15) is 5.69 Å². The van der Waals surface area contributed by atoms with E-state index in [-0.39, 0.29) is 11.9 Å². The third-order valence-corrected chi connectivity index (χ3v) is 3.70. The van der Waals surface area contributed by atoms with Gasteiger partial charge in [-0.15, -0.1) is 0 Å². The first-order chi connectivity index (χ1) is 10.1. The van der Waals surface area contributed by atoms with Gasteiger partial charge in [-0.25, -0.2) is 0 Å². The number of carbonyl (C=O) groups excluding carboxylic acids is 1. The number of hydrogen-bond donors (Lipinski definition) is 2. The lowest BCUT2D eigenvalue weighted by Gasteiger charge is -2.14. The normalized spacial score (nSPS) is 12.3. The smallest absolute Gasteiger partial charge is 0.268 e. The van der Waals surface area contributed by atoms with Gasteiger partial charge in [-0.3, -0.25) is 4.79 Å². The van der Waals surface area contributed by atoms with Gasteiger partial charge >= 0.3 is 0 Å². The largest absolute Gasteiger partial charge is 0.351 e. The molecule has 0 saturated carbocycles. The molecule has 21 heavy (non-hydrogen) atoms. The quantitative estimate of drug-likeness (QED) is 0.748. The number of aryl methyl sites for hydroxylation is 1. The summed E-state index contributed by atoms with van der Waals surface area (Å²) in [6.45, 7) is 4.04. The summed E-state index contributed by atoms with van der Waals surface area (Å²) in [5.74, 6) is -0.0840. The van der Waals surface area contributed by atoms with Crippen LogP contribution < -0.4 is 5.32 Å². The maximum absolute atomic E-state index is 12.3. The Bertz CT molecular complexity index is 738. The molecule has 0 bridgehead atoms. The molecule has 1 atom stereocenters. The average molecular weight is 278 g/mol. The Morgan fingerprint density at radius 2 is 1.81 bits per heavy atom. The zero-order valence-corrected chi connectivity index (χ0v) is 12.2. The Morgan fingerprint density at radius 1 is 1.10 bits per heavy atom. The van der Waals surface area contributed by atoms with Crippen LogP contribution in [-0.2, 0) is 0 Å². The minimum atomic E-state index is -0.0840. The molecule has 0 aliphatic heterocycles. The van der Waals surface area contributed by atoms with E-state index < -0.39 is 0 Å². The zero-order valence-electron chi connectivity index (χ0n) is 12.2. The van der Waals surface area contributed by atoms with Crippen molar-refractivity contribution in [1.82, 2.24) is 10.3 Å². The van der Waals surface area contributed by atoms with Crippen LogP contribution in [0.3, 0.4) is 0 Å². The standard InChI is InChI=1S/C18H18N2O/c1-12-7-9-14(10-8-12)13(2)19-18(21)17-11-15-5-3-4-6-16(15)20-17/h3-11,13,20H,1-2H3,(H,19,21). The number of nitrogens with one attached hydrogen (secondary N) is 2. The first kappa shape index (κ1) is 13.4. The number of H-pyrrole nitrogens is 1. The van der Waals surface area contributed by atoms with Gasteiger partial charge in [0.15, 0.2) is 0 Å². The molecule has 0 spiro atoms. The molecule has 0 saturated heterocycles. The molecule has 2 aromatic carbocycles. The summed E-state index contributed by atoms with van der Waals surface area (Å²) >= 11 is 0. The molecule has 1 aromatic heterocycles. The molecule has 1 amide bonds. The molecule has 0 aliphatic carbocycles. The van der Waals surface area contributed by atoms with Crippen molar-refractivity contribution in [2.75, 3.05) is 0 Å². The molecular weight excluding hydrogens is 260 g/mol. The van der Waals surface area contributed by atoms with Crippen molar-refractivity contribution in [3.05, 3.63) is 71.4 Å². The fraction of sp³-hybridized carbons (Fsp3) is 0.167. The SMILES string of the molecule is Cc1ccc(C(C)NC(=O)c2cc3ccccc3[nH]2)cc1. The third kappa shape index (κ3) is 2.82. The van der Waals surface area contributed by atoms with Gasteiger partial charge in [-0.2, -0.15) is 0 Å². The second-order valence-corrected chi connectivity index (χ2v) is 5.38. The van der Waals surface area contributed by atoms with E-state index >= 15 is 0 Å². The van der Waals surface area contributed by atoms with E-state index in [1.807, 2.05) is 49.4 Å². The highest BCUT2D eigenvalue weighted by Crippen LogP contribution is 2.17. The molecule has 1 heterocycles. The second-order valence-electron chi connectivity index (χ2n) is 5.38. The number of para-hydroxylation sites is 1. The summed E-state index contributed by atoms with van der Waals surface area (Å²) in [6, 6.07) is 17.9. The van der Waals surface area contributed by atoms with Crippen LogP contribution in [0.2, 0.25) is 0 Å². The number of aromatic amines is 1. The van der Waals surface area contributed by atoms with E-state index in [4.69, 9.17) is 0 Å². The summed E-state index contributed by atoms with van der Waals surface area (Å²) in [6.07, 6.45) is 0. The number of aromatic nitrogens is 1. The number of fused-ring (bicyclic) bond motifs is 1. The fourth-order valence-corrected chi connectivity index (χ4v) is 2.41. The summed E-state index contributed by atoms with van der Waals surface area (Å²) in [7, 11) is 0. The molecule has 106 valence electrons. The number of carbonyl (C=O) groups is 1. The summed E-state index contributed by atoms with van der Waals surface area (Å²) in [4.78, 5) is 15.5. The third-order valence-electron chi connectivity index (χ3n) is 3.70. The predicted molar refractivity (Wildman–Crippen MR) is 85.4 cm³/mol. The van der Waals surface area contributed by atoms with Crippen molar-refractivity contribution in [1.29, 1.82) is 0 Å². The van der Waals surface area contributed by atoms with Gasteiger partial charge in [0.2, 0.25) is 0 Å². The molecule has 2 N–H and O–H groups in total. The molecular formula is C18H18N2O. The van der Waals surface area contributed by atoms with Crippen molar-refractivity contribution in [2.45, 2.75) is 19.9 Å². The minimum Gasteiger partial charge on any atom is -0.351 e. The number of hydrogen-bond acceptors (Lipinski definition) is 1. The highest BCUT2D eigenvalue weighted by atomic mass is 16.1. The number of amides is 1. The summed E-state index contributed by atoms with van der Waals surface area (Å²) < 4.78 is 0. The predicted octanol–water partition coefficient (Wildman–Crippen LogP) is 3.97. The van der Waals surface area contributed by atoms with E-state index in [0.717, 1.165) is 16.5 Å². The van der Waals surface area contributed by atoms with E-state index in [1.54, 1.807) is 0 Å². The van der Waals surface area contributed by atoms with Gasteiger partial charge in [-0.1, -0.05) is 48.0 Å². The minimum absolute atomic E-state index is 0.0236. The van der Waals surface area contributed by atoms with E-state index in [9.17, 15) is 4.79 Å². The molecule has 0 aliphatic rings. The van der Waals surface area contributed by atoms with Crippen LogP contribution >= 0.6 is 0 Å². The first-order valence-corrected chi connectivity index (χ1v) is 7.08. The van der Waals surface area contributed by atoms with Gasteiger partial charge in [0.05, 0.1) is 6.04 Å².